The first-order chi connectivity index (χ1) is 12.0. The van der Waals surface area contributed by atoms with Crippen LogP contribution in [-0.4, -0.2) is 33.8 Å². The fraction of sp³-hybridized carbons (Fsp3) is 0.278. The zero-order chi connectivity index (χ0) is 18.4. The SMILES string of the molecule is COc1cc(NCC(=O)Nc2ccc(C)cc2Cl)cc(OC)c1OC. The molecule has 0 saturated heterocycles. The normalized spacial score (nSPS) is 10.1. The van der Waals surface area contributed by atoms with Crippen LogP contribution in [0, 0.1) is 6.92 Å². The minimum Gasteiger partial charge on any atom is -0.493 e. The number of ether oxygens (including phenoxy) is 3. The van der Waals surface area contributed by atoms with Crippen LogP contribution in [0.4, 0.5) is 11.4 Å². The number of hydrogen-bond donors (Lipinski definition) is 2. The third-order valence-electron chi connectivity index (χ3n) is 3.52. The smallest absolute Gasteiger partial charge is 0.243 e. The van der Waals surface area contributed by atoms with E-state index in [1.807, 2.05) is 13.0 Å². The largest absolute Gasteiger partial charge is 0.493 e. The van der Waals surface area contributed by atoms with E-state index in [1.54, 1.807) is 24.3 Å². The highest BCUT2D eigenvalue weighted by Crippen LogP contribution is 2.39. The van der Waals surface area contributed by atoms with Crippen molar-refractivity contribution in [1.29, 1.82) is 0 Å². The van der Waals surface area contributed by atoms with Crippen LogP contribution in [0.2, 0.25) is 5.02 Å². The van der Waals surface area contributed by atoms with Crippen molar-refractivity contribution in [2.24, 2.45) is 0 Å². The number of anilines is 2. The quantitative estimate of drug-likeness (QED) is 0.783. The molecule has 0 spiro atoms. The van der Waals surface area contributed by atoms with E-state index >= 15 is 0 Å². The van der Waals surface area contributed by atoms with E-state index in [0.29, 0.717) is 33.6 Å². The topological polar surface area (TPSA) is 68.8 Å². The van der Waals surface area contributed by atoms with Crippen molar-refractivity contribution in [3.8, 4) is 17.2 Å². The maximum absolute atomic E-state index is 12.1. The molecule has 0 heterocycles. The van der Waals surface area contributed by atoms with Crippen molar-refractivity contribution < 1.29 is 19.0 Å². The number of aryl methyl sites for hydroxylation is 1. The highest BCUT2D eigenvalue weighted by atomic mass is 35.5. The second-order valence-electron chi connectivity index (χ2n) is 5.30. The Hall–Kier alpha value is -2.60. The van der Waals surface area contributed by atoms with E-state index in [1.165, 1.54) is 21.3 Å². The average molecular weight is 365 g/mol. The van der Waals surface area contributed by atoms with Gasteiger partial charge in [0.05, 0.1) is 38.6 Å². The fourth-order valence-corrected chi connectivity index (χ4v) is 2.56. The summed E-state index contributed by atoms with van der Waals surface area (Å²) in [5, 5.41) is 6.29. The lowest BCUT2D eigenvalue weighted by Crippen LogP contribution is -2.22. The number of rotatable bonds is 7. The number of carbonyl (C=O) groups excluding carboxylic acids is 1. The lowest BCUT2D eigenvalue weighted by Gasteiger charge is -2.15. The number of hydrogen-bond acceptors (Lipinski definition) is 5. The molecule has 0 bridgehead atoms. The van der Waals surface area contributed by atoms with E-state index in [4.69, 9.17) is 25.8 Å². The molecule has 0 radical (unpaired) electrons. The van der Waals surface area contributed by atoms with Gasteiger partial charge in [0.1, 0.15) is 0 Å². The molecule has 0 aromatic heterocycles. The van der Waals surface area contributed by atoms with E-state index in [0.717, 1.165) is 5.56 Å². The van der Waals surface area contributed by atoms with Gasteiger partial charge in [-0.05, 0) is 24.6 Å². The van der Waals surface area contributed by atoms with Gasteiger partial charge in [-0.15, -0.1) is 0 Å². The van der Waals surface area contributed by atoms with Gasteiger partial charge in [0, 0.05) is 17.8 Å². The Morgan fingerprint density at radius 2 is 1.68 bits per heavy atom. The van der Waals surface area contributed by atoms with Gasteiger partial charge in [-0.1, -0.05) is 17.7 Å². The van der Waals surface area contributed by atoms with Crippen LogP contribution in [0.3, 0.4) is 0 Å². The maximum Gasteiger partial charge on any atom is 0.243 e. The predicted octanol–water partition coefficient (Wildman–Crippen LogP) is 3.72. The Morgan fingerprint density at radius 1 is 1.04 bits per heavy atom. The summed E-state index contributed by atoms with van der Waals surface area (Å²) >= 11 is 6.12. The van der Waals surface area contributed by atoms with E-state index in [9.17, 15) is 4.79 Å². The van der Waals surface area contributed by atoms with Crippen molar-refractivity contribution in [2.45, 2.75) is 6.92 Å². The van der Waals surface area contributed by atoms with Crippen LogP contribution in [0.5, 0.6) is 17.2 Å². The van der Waals surface area contributed by atoms with Gasteiger partial charge >= 0.3 is 0 Å². The summed E-state index contributed by atoms with van der Waals surface area (Å²) in [6.07, 6.45) is 0. The third-order valence-corrected chi connectivity index (χ3v) is 3.83. The number of halogens is 1. The van der Waals surface area contributed by atoms with Crippen LogP contribution in [0.15, 0.2) is 30.3 Å². The van der Waals surface area contributed by atoms with Crippen LogP contribution in [0.1, 0.15) is 5.56 Å². The molecule has 1 amide bonds. The molecule has 0 aliphatic rings. The minimum absolute atomic E-state index is 0.0584. The van der Waals surface area contributed by atoms with Gasteiger partial charge in [-0.2, -0.15) is 0 Å². The number of benzene rings is 2. The third kappa shape index (κ3) is 4.70. The molecule has 2 N–H and O–H groups in total. The minimum atomic E-state index is -0.223. The molecule has 0 aliphatic heterocycles. The second-order valence-corrected chi connectivity index (χ2v) is 5.71. The molecule has 0 unspecified atom stereocenters. The second kappa shape index (κ2) is 8.48. The van der Waals surface area contributed by atoms with E-state index in [2.05, 4.69) is 10.6 Å². The van der Waals surface area contributed by atoms with E-state index < -0.39 is 0 Å². The van der Waals surface area contributed by atoms with Crippen molar-refractivity contribution in [3.05, 3.63) is 40.9 Å². The monoisotopic (exact) mass is 364 g/mol. The average Bonchev–Trinajstić information content (AvgIpc) is 2.61. The van der Waals surface area contributed by atoms with E-state index in [-0.39, 0.29) is 12.5 Å². The Labute approximate surface area is 152 Å². The Morgan fingerprint density at radius 3 is 2.20 bits per heavy atom. The summed E-state index contributed by atoms with van der Waals surface area (Å²) in [4.78, 5) is 12.1. The first-order valence-electron chi connectivity index (χ1n) is 7.58. The zero-order valence-corrected chi connectivity index (χ0v) is 15.4. The number of nitrogens with one attached hydrogen (secondary N) is 2. The van der Waals surface area contributed by atoms with Gasteiger partial charge in [-0.3, -0.25) is 4.79 Å². The lowest BCUT2D eigenvalue weighted by molar-refractivity contribution is -0.114. The van der Waals surface area contributed by atoms with Gasteiger partial charge in [0.15, 0.2) is 11.5 Å². The van der Waals surface area contributed by atoms with Gasteiger partial charge < -0.3 is 24.8 Å². The Balaban J connectivity index is 2.06. The zero-order valence-electron chi connectivity index (χ0n) is 14.6. The number of amides is 1. The molecule has 0 saturated carbocycles. The fourth-order valence-electron chi connectivity index (χ4n) is 2.28. The Bertz CT molecular complexity index is 740. The highest BCUT2D eigenvalue weighted by Gasteiger charge is 2.14. The summed E-state index contributed by atoms with van der Waals surface area (Å²) in [5.41, 5.74) is 2.27. The molecule has 6 nitrogen and oxygen atoms in total. The van der Waals surface area contributed by atoms with Crippen LogP contribution < -0.4 is 24.8 Å². The molecule has 134 valence electrons. The number of methoxy groups -OCH3 is 3. The van der Waals surface area contributed by atoms with Crippen LogP contribution in [-0.2, 0) is 4.79 Å². The maximum atomic E-state index is 12.1. The van der Waals surface area contributed by atoms with Crippen molar-refractivity contribution in [1.82, 2.24) is 0 Å². The van der Waals surface area contributed by atoms with Crippen LogP contribution in [0.25, 0.3) is 0 Å². The molecule has 25 heavy (non-hydrogen) atoms. The highest BCUT2D eigenvalue weighted by molar-refractivity contribution is 6.33. The summed E-state index contributed by atoms with van der Waals surface area (Å²) in [7, 11) is 4.60. The lowest BCUT2D eigenvalue weighted by atomic mass is 10.2. The van der Waals surface area contributed by atoms with Crippen LogP contribution >= 0.6 is 11.6 Å². The summed E-state index contributed by atoms with van der Waals surface area (Å²) in [6.45, 7) is 1.99. The molecule has 0 atom stereocenters. The molecule has 2 aromatic carbocycles. The molecular weight excluding hydrogens is 344 g/mol. The van der Waals surface area contributed by atoms with Crippen molar-refractivity contribution in [3.63, 3.8) is 0 Å². The van der Waals surface area contributed by atoms with Crippen molar-refractivity contribution in [2.75, 3.05) is 38.5 Å². The molecule has 0 fully saturated rings. The summed E-state index contributed by atoms with van der Waals surface area (Å²) in [6, 6.07) is 8.91. The van der Waals surface area contributed by atoms with Gasteiger partial charge in [-0.25, -0.2) is 0 Å². The molecule has 0 aliphatic carbocycles. The number of carbonyl (C=O) groups is 1. The standard InChI is InChI=1S/C18H21ClN2O4/c1-11-5-6-14(13(19)7-11)21-17(22)10-20-12-8-15(23-2)18(25-4)16(9-12)24-3/h5-9,20H,10H2,1-4H3,(H,21,22). The summed E-state index contributed by atoms with van der Waals surface area (Å²) < 4.78 is 15.8. The summed E-state index contributed by atoms with van der Waals surface area (Å²) in [5.74, 6) is 1.28. The van der Waals surface area contributed by atoms with Gasteiger partial charge in [0.25, 0.3) is 0 Å². The molecular formula is C18H21ClN2O4. The first-order valence-corrected chi connectivity index (χ1v) is 7.96. The Kier molecular flexibility index (Phi) is 6.36. The van der Waals surface area contributed by atoms with Crippen molar-refractivity contribution >= 4 is 28.9 Å². The first kappa shape index (κ1) is 18.7. The van der Waals surface area contributed by atoms with Gasteiger partial charge in [0.2, 0.25) is 11.7 Å². The predicted molar refractivity (Wildman–Crippen MR) is 99.4 cm³/mol. The molecule has 2 rings (SSSR count). The molecule has 2 aromatic rings. The molecule has 7 heteroatoms.